The topological polar surface area (TPSA) is 69.7 Å². The van der Waals surface area contributed by atoms with Gasteiger partial charge in [0.2, 0.25) is 11.3 Å². The highest BCUT2D eigenvalue weighted by molar-refractivity contribution is 7.92. The molecule has 1 unspecified atom stereocenters. The van der Waals surface area contributed by atoms with Crippen LogP contribution >= 0.6 is 0 Å². The van der Waals surface area contributed by atoms with Crippen LogP contribution in [0.4, 0.5) is 0 Å². The molecule has 0 radical (unpaired) electrons. The van der Waals surface area contributed by atoms with Crippen LogP contribution in [0.15, 0.2) is 11.8 Å². The monoisotopic (exact) mass is 229 g/mol. The van der Waals surface area contributed by atoms with Crippen molar-refractivity contribution < 1.29 is 18.9 Å². The average Bonchev–Trinajstić information content (AvgIpc) is 2.16. The van der Waals surface area contributed by atoms with Gasteiger partial charge in [0.1, 0.15) is 12.4 Å². The van der Waals surface area contributed by atoms with Crippen molar-refractivity contribution in [3.05, 3.63) is 11.8 Å². The lowest BCUT2D eigenvalue weighted by atomic mass is 10.2. The number of ether oxygens (including phenoxy) is 1. The van der Waals surface area contributed by atoms with Crippen LogP contribution in [0.1, 0.15) is 13.3 Å². The lowest BCUT2D eigenvalue weighted by Crippen LogP contribution is -2.56. The summed E-state index contributed by atoms with van der Waals surface area (Å²) in [6.45, 7) is 1.44. The van der Waals surface area contributed by atoms with E-state index in [1.165, 1.54) is 11.8 Å². The standard InChI is InChI=1S/C9H11NO4S/c1-6(11)14-4-7-3-10-8(12)2-9(10)15(13)5-7/h3,9H,2,4-5H2,1H3/t9-,15?/m0/s1. The third-order valence-electron chi connectivity index (χ3n) is 2.36. The summed E-state index contributed by atoms with van der Waals surface area (Å²) in [5, 5.41) is -0.154. The molecule has 2 aliphatic rings. The summed E-state index contributed by atoms with van der Waals surface area (Å²) in [6.07, 6.45) is 2.02. The predicted molar refractivity (Wildman–Crippen MR) is 53.0 cm³/mol. The van der Waals surface area contributed by atoms with Gasteiger partial charge in [-0.1, -0.05) is 0 Å². The van der Waals surface area contributed by atoms with Gasteiger partial charge in [-0.2, -0.15) is 0 Å². The van der Waals surface area contributed by atoms with E-state index in [1.807, 2.05) is 0 Å². The molecule has 5 nitrogen and oxygen atoms in total. The zero-order chi connectivity index (χ0) is 11.0. The molecule has 2 atom stereocenters. The molecule has 1 amide bonds. The first-order valence-corrected chi connectivity index (χ1v) is 5.97. The molecule has 1 fully saturated rings. The fourth-order valence-corrected chi connectivity index (χ4v) is 3.04. The molecule has 0 aromatic carbocycles. The molecule has 15 heavy (non-hydrogen) atoms. The van der Waals surface area contributed by atoms with Crippen molar-refractivity contribution in [1.82, 2.24) is 4.90 Å². The molecular weight excluding hydrogens is 218 g/mol. The molecule has 0 spiro atoms. The number of β-lactam (4-membered cyclic amide) rings is 1. The van der Waals surface area contributed by atoms with Gasteiger partial charge in [-0.15, -0.1) is 0 Å². The number of nitrogens with zero attached hydrogens (tertiary/aromatic N) is 1. The summed E-state index contributed by atoms with van der Waals surface area (Å²) in [5.74, 6) is -0.00559. The SMILES string of the molecule is CC(=O)OCC1=CN2C(=O)C[C@@H]2[S+]([O-])C1. The summed E-state index contributed by atoms with van der Waals surface area (Å²) >= 11 is -1.05. The Hall–Kier alpha value is -1.01. The zero-order valence-corrected chi connectivity index (χ0v) is 9.08. The second-order valence-corrected chi connectivity index (χ2v) is 5.15. The molecule has 0 saturated carbocycles. The number of hydrogen-bond donors (Lipinski definition) is 0. The summed E-state index contributed by atoms with van der Waals surface area (Å²) in [7, 11) is 0. The number of fused-ring (bicyclic) bond motifs is 1. The number of carbonyl (C=O) groups is 2. The summed E-state index contributed by atoms with van der Waals surface area (Å²) in [6, 6.07) is 0. The first kappa shape index (κ1) is 10.5. The molecule has 2 aliphatic heterocycles. The quantitative estimate of drug-likeness (QED) is 0.372. The Bertz CT molecular complexity index is 341. The van der Waals surface area contributed by atoms with Crippen molar-refractivity contribution in [3.63, 3.8) is 0 Å². The van der Waals surface area contributed by atoms with Crippen LogP contribution in [-0.2, 0) is 25.5 Å². The van der Waals surface area contributed by atoms with Gasteiger partial charge < -0.3 is 9.29 Å². The van der Waals surface area contributed by atoms with Crippen LogP contribution < -0.4 is 0 Å². The van der Waals surface area contributed by atoms with Gasteiger partial charge in [-0.25, -0.2) is 0 Å². The number of esters is 1. The fourth-order valence-electron chi connectivity index (χ4n) is 1.56. The lowest BCUT2D eigenvalue weighted by Gasteiger charge is -2.41. The number of hydrogen-bond acceptors (Lipinski definition) is 4. The molecule has 0 aliphatic carbocycles. The molecule has 0 bridgehead atoms. The Balaban J connectivity index is 2.00. The fraction of sp³-hybridized carbons (Fsp3) is 0.556. The van der Waals surface area contributed by atoms with E-state index in [9.17, 15) is 14.1 Å². The molecule has 0 N–H and O–H groups in total. The Kier molecular flexibility index (Phi) is 2.70. The van der Waals surface area contributed by atoms with Crippen molar-refractivity contribution in [3.8, 4) is 0 Å². The van der Waals surface area contributed by atoms with Gasteiger partial charge in [-0.05, 0) is 11.2 Å². The Morgan fingerprint density at radius 1 is 1.80 bits per heavy atom. The number of rotatable bonds is 2. The third-order valence-corrected chi connectivity index (χ3v) is 4.02. The predicted octanol–water partition coefficient (Wildman–Crippen LogP) is -0.246. The molecule has 0 aromatic rings. The zero-order valence-electron chi connectivity index (χ0n) is 8.26. The first-order valence-electron chi connectivity index (χ1n) is 4.59. The van der Waals surface area contributed by atoms with Crippen molar-refractivity contribution in [2.24, 2.45) is 0 Å². The van der Waals surface area contributed by atoms with E-state index < -0.39 is 11.2 Å². The van der Waals surface area contributed by atoms with E-state index in [0.717, 1.165) is 5.57 Å². The van der Waals surface area contributed by atoms with Crippen LogP contribution in [-0.4, -0.2) is 39.1 Å². The highest BCUT2D eigenvalue weighted by Crippen LogP contribution is 2.31. The van der Waals surface area contributed by atoms with Crippen LogP contribution in [0.2, 0.25) is 0 Å². The van der Waals surface area contributed by atoms with E-state index in [4.69, 9.17) is 4.74 Å². The first-order chi connectivity index (χ1) is 7.08. The van der Waals surface area contributed by atoms with Crippen LogP contribution in [0.3, 0.4) is 0 Å². The highest BCUT2D eigenvalue weighted by Gasteiger charge is 2.46. The lowest BCUT2D eigenvalue weighted by molar-refractivity contribution is -0.140. The van der Waals surface area contributed by atoms with E-state index >= 15 is 0 Å². The maximum absolute atomic E-state index is 11.6. The van der Waals surface area contributed by atoms with Gasteiger partial charge in [0.15, 0.2) is 0 Å². The largest absolute Gasteiger partial charge is 0.614 e. The van der Waals surface area contributed by atoms with Gasteiger partial charge >= 0.3 is 5.97 Å². The normalized spacial score (nSPS) is 29.1. The van der Waals surface area contributed by atoms with Gasteiger partial charge in [0.25, 0.3) is 0 Å². The molecule has 0 aromatic heterocycles. The molecular formula is C9H11NO4S. The third kappa shape index (κ3) is 2.00. The second kappa shape index (κ2) is 3.86. The van der Waals surface area contributed by atoms with Crippen LogP contribution in [0.5, 0.6) is 0 Å². The van der Waals surface area contributed by atoms with Crippen molar-refractivity contribution in [1.29, 1.82) is 0 Å². The Morgan fingerprint density at radius 2 is 2.53 bits per heavy atom. The number of amides is 1. The summed E-state index contributed by atoms with van der Waals surface area (Å²) < 4.78 is 16.4. The van der Waals surface area contributed by atoms with Crippen LogP contribution in [0.25, 0.3) is 0 Å². The van der Waals surface area contributed by atoms with Crippen molar-refractivity contribution in [2.45, 2.75) is 18.7 Å². The maximum atomic E-state index is 11.6. The van der Waals surface area contributed by atoms with Gasteiger partial charge in [-0.3, -0.25) is 14.5 Å². The highest BCUT2D eigenvalue weighted by atomic mass is 32.2. The van der Waals surface area contributed by atoms with E-state index in [1.54, 1.807) is 6.20 Å². The summed E-state index contributed by atoms with van der Waals surface area (Å²) in [5.41, 5.74) is 0.729. The minimum absolute atomic E-state index is 0.0200. The second-order valence-electron chi connectivity index (χ2n) is 3.55. The van der Waals surface area contributed by atoms with Gasteiger partial charge in [0, 0.05) is 18.7 Å². The minimum Gasteiger partial charge on any atom is -0.614 e. The maximum Gasteiger partial charge on any atom is 0.302 e. The molecule has 82 valence electrons. The molecule has 6 heteroatoms. The summed E-state index contributed by atoms with van der Waals surface area (Å²) in [4.78, 5) is 23.2. The van der Waals surface area contributed by atoms with E-state index in [-0.39, 0.29) is 23.9 Å². The molecule has 2 heterocycles. The Morgan fingerprint density at radius 3 is 3.13 bits per heavy atom. The smallest absolute Gasteiger partial charge is 0.302 e. The minimum atomic E-state index is -1.05. The molecule has 1 saturated heterocycles. The van der Waals surface area contributed by atoms with Crippen molar-refractivity contribution >= 4 is 23.1 Å². The van der Waals surface area contributed by atoms with E-state index in [2.05, 4.69) is 0 Å². The van der Waals surface area contributed by atoms with Crippen molar-refractivity contribution in [2.75, 3.05) is 12.4 Å². The van der Waals surface area contributed by atoms with Crippen LogP contribution in [0, 0.1) is 0 Å². The molecule has 2 rings (SSSR count). The average molecular weight is 229 g/mol. The van der Waals surface area contributed by atoms with E-state index in [0.29, 0.717) is 12.2 Å². The van der Waals surface area contributed by atoms with Gasteiger partial charge in [0.05, 0.1) is 6.42 Å². The Labute approximate surface area is 90.2 Å². The number of carbonyl (C=O) groups excluding carboxylic acids is 2.